The smallest absolute Gasteiger partial charge is 0.356 e. The van der Waals surface area contributed by atoms with Crippen LogP contribution in [0.2, 0.25) is 0 Å². The highest BCUT2D eigenvalue weighted by Gasteiger charge is 2.36. The van der Waals surface area contributed by atoms with Crippen molar-refractivity contribution in [2.75, 3.05) is 11.9 Å². The Kier molecular flexibility index (Phi) is 4.72. The molecule has 0 saturated heterocycles. The average molecular weight is 405 g/mol. The van der Waals surface area contributed by atoms with Crippen LogP contribution in [0.25, 0.3) is 10.9 Å². The highest BCUT2D eigenvalue weighted by Crippen LogP contribution is 2.37. The molecule has 1 atom stereocenters. The van der Waals surface area contributed by atoms with Crippen LogP contribution in [-0.2, 0) is 12.6 Å². The molecule has 8 heteroatoms. The molecular formula is C21H19F4N3O. The molecule has 0 saturated carbocycles. The Bertz CT molecular complexity index is 1070. The maximum Gasteiger partial charge on any atom is 0.419 e. The summed E-state index contributed by atoms with van der Waals surface area (Å²) in [5.74, 6) is -1.48. The second-order valence-corrected chi connectivity index (χ2v) is 7.03. The first-order valence-electron chi connectivity index (χ1n) is 9.34. The zero-order chi connectivity index (χ0) is 20.8. The fourth-order valence-electron chi connectivity index (χ4n) is 4.02. The molecule has 1 aliphatic heterocycles. The van der Waals surface area contributed by atoms with E-state index in [9.17, 15) is 22.4 Å². The van der Waals surface area contributed by atoms with Crippen molar-refractivity contribution < 1.29 is 22.4 Å². The fraction of sp³-hybridized carbons (Fsp3) is 0.286. The molecular weight excluding hydrogens is 386 g/mol. The molecule has 0 radical (unpaired) electrons. The quantitative estimate of drug-likeness (QED) is 0.515. The Balaban J connectivity index is 1.63. The van der Waals surface area contributed by atoms with Crippen molar-refractivity contribution in [2.24, 2.45) is 0 Å². The van der Waals surface area contributed by atoms with Gasteiger partial charge in [0.15, 0.2) is 5.82 Å². The van der Waals surface area contributed by atoms with Gasteiger partial charge in [-0.25, -0.2) is 9.18 Å². The summed E-state index contributed by atoms with van der Waals surface area (Å²) in [6, 6.07) is 9.80. The summed E-state index contributed by atoms with van der Waals surface area (Å²) in [7, 11) is 0. The molecule has 1 unspecified atom stereocenters. The summed E-state index contributed by atoms with van der Waals surface area (Å²) >= 11 is 0. The van der Waals surface area contributed by atoms with E-state index >= 15 is 0 Å². The van der Waals surface area contributed by atoms with Gasteiger partial charge in [0.05, 0.1) is 17.3 Å². The maximum absolute atomic E-state index is 14.3. The minimum absolute atomic E-state index is 0.278. The second kappa shape index (κ2) is 7.09. The van der Waals surface area contributed by atoms with Crippen LogP contribution in [0.4, 0.5) is 28.0 Å². The summed E-state index contributed by atoms with van der Waals surface area (Å²) < 4.78 is 53.1. The number of carbonyl (C=O) groups excluding carboxylic acids is 1. The van der Waals surface area contributed by atoms with Gasteiger partial charge in [0.1, 0.15) is 0 Å². The lowest BCUT2D eigenvalue weighted by Gasteiger charge is -2.35. The fourth-order valence-corrected chi connectivity index (χ4v) is 4.02. The minimum Gasteiger partial charge on any atom is -0.356 e. The molecule has 0 spiro atoms. The van der Waals surface area contributed by atoms with E-state index in [1.807, 2.05) is 31.2 Å². The Hall–Kier alpha value is -3.03. The molecule has 1 aliphatic rings. The molecule has 4 rings (SSSR count). The molecule has 0 aliphatic carbocycles. The normalized spacial score (nSPS) is 16.7. The number of nitrogens with one attached hydrogen (secondary N) is 2. The number of aromatic nitrogens is 1. The number of alkyl halides is 3. The molecule has 152 valence electrons. The highest BCUT2D eigenvalue weighted by molar-refractivity contribution is 5.91. The number of aromatic amines is 1. The Morgan fingerprint density at radius 3 is 2.69 bits per heavy atom. The molecule has 2 N–H and O–H groups in total. The van der Waals surface area contributed by atoms with Crippen molar-refractivity contribution in [3.63, 3.8) is 0 Å². The lowest BCUT2D eigenvalue weighted by Crippen LogP contribution is -2.42. The van der Waals surface area contributed by atoms with Gasteiger partial charge in [0.25, 0.3) is 0 Å². The number of halogens is 4. The number of anilines is 1. The van der Waals surface area contributed by atoms with Crippen LogP contribution < -0.4 is 5.32 Å². The lowest BCUT2D eigenvalue weighted by molar-refractivity contribution is -0.139. The van der Waals surface area contributed by atoms with Gasteiger partial charge in [-0.2, -0.15) is 13.2 Å². The Labute approximate surface area is 164 Å². The van der Waals surface area contributed by atoms with E-state index in [0.717, 1.165) is 34.3 Å². The predicted molar refractivity (Wildman–Crippen MR) is 102 cm³/mol. The molecule has 1 aromatic heterocycles. The third kappa shape index (κ3) is 3.32. The van der Waals surface area contributed by atoms with Gasteiger partial charge < -0.3 is 15.2 Å². The molecule has 0 fully saturated rings. The number of benzene rings is 2. The molecule has 2 amide bonds. The predicted octanol–water partition coefficient (Wildman–Crippen LogP) is 5.87. The zero-order valence-corrected chi connectivity index (χ0v) is 15.6. The summed E-state index contributed by atoms with van der Waals surface area (Å²) in [4.78, 5) is 17.7. The minimum atomic E-state index is -4.83. The largest absolute Gasteiger partial charge is 0.419 e. The van der Waals surface area contributed by atoms with Gasteiger partial charge in [-0.15, -0.1) is 0 Å². The van der Waals surface area contributed by atoms with E-state index in [2.05, 4.69) is 10.3 Å². The van der Waals surface area contributed by atoms with E-state index in [1.165, 1.54) is 4.90 Å². The number of rotatable bonds is 2. The SMILES string of the molecule is CCC1c2[nH]c3ccccc3c2CCN1C(=O)Nc1cccc(C(F)(F)F)c1F. The van der Waals surface area contributed by atoms with Crippen LogP contribution in [0.5, 0.6) is 0 Å². The standard InChI is InChI=1S/C21H19F4N3O/c1-2-17-19-13(12-6-3-4-8-15(12)26-19)10-11-28(17)20(29)27-16-9-5-7-14(18(16)22)21(23,24)25/h3-9,17,26H,2,10-11H2,1H3,(H,27,29). The Morgan fingerprint density at radius 1 is 1.21 bits per heavy atom. The van der Waals surface area contributed by atoms with Crippen molar-refractivity contribution in [1.29, 1.82) is 0 Å². The van der Waals surface area contributed by atoms with Crippen molar-refractivity contribution in [2.45, 2.75) is 32.0 Å². The number of para-hydroxylation sites is 1. The van der Waals surface area contributed by atoms with E-state index in [1.54, 1.807) is 0 Å². The summed E-state index contributed by atoms with van der Waals surface area (Å²) in [5.41, 5.74) is 1.14. The van der Waals surface area contributed by atoms with Gasteiger partial charge in [0, 0.05) is 23.1 Å². The van der Waals surface area contributed by atoms with Crippen molar-refractivity contribution in [3.8, 4) is 0 Å². The third-order valence-corrected chi connectivity index (χ3v) is 5.35. The molecule has 4 nitrogen and oxygen atoms in total. The van der Waals surface area contributed by atoms with Crippen LogP contribution in [0.15, 0.2) is 42.5 Å². The number of fused-ring (bicyclic) bond motifs is 3. The van der Waals surface area contributed by atoms with E-state index in [4.69, 9.17) is 0 Å². The molecule has 3 aromatic rings. The summed E-state index contributed by atoms with van der Waals surface area (Å²) in [6.45, 7) is 2.32. The van der Waals surface area contributed by atoms with Gasteiger partial charge in [0.2, 0.25) is 0 Å². The first kappa shape index (κ1) is 19.3. The Morgan fingerprint density at radius 2 is 1.97 bits per heavy atom. The van der Waals surface area contributed by atoms with Crippen LogP contribution in [0, 0.1) is 5.82 Å². The average Bonchev–Trinajstić information content (AvgIpc) is 3.06. The number of urea groups is 1. The number of hydrogen-bond donors (Lipinski definition) is 2. The molecule has 2 heterocycles. The maximum atomic E-state index is 14.3. The van der Waals surface area contributed by atoms with Crippen LogP contribution in [0.3, 0.4) is 0 Å². The monoisotopic (exact) mass is 405 g/mol. The topological polar surface area (TPSA) is 48.1 Å². The number of nitrogens with zero attached hydrogens (tertiary/aromatic N) is 1. The van der Waals surface area contributed by atoms with Crippen molar-refractivity contribution in [1.82, 2.24) is 9.88 Å². The molecule has 0 bridgehead atoms. The number of hydrogen-bond acceptors (Lipinski definition) is 1. The summed E-state index contributed by atoms with van der Waals surface area (Å²) in [6.07, 6.45) is -3.62. The second-order valence-electron chi connectivity index (χ2n) is 7.03. The first-order valence-corrected chi connectivity index (χ1v) is 9.34. The number of H-pyrrole nitrogens is 1. The van der Waals surface area contributed by atoms with Crippen LogP contribution in [0.1, 0.15) is 36.2 Å². The van der Waals surface area contributed by atoms with Gasteiger partial charge in [-0.1, -0.05) is 31.2 Å². The summed E-state index contributed by atoms with van der Waals surface area (Å²) in [5, 5.41) is 3.42. The van der Waals surface area contributed by atoms with E-state index in [0.29, 0.717) is 25.5 Å². The highest BCUT2D eigenvalue weighted by atomic mass is 19.4. The number of amides is 2. The first-order chi connectivity index (χ1) is 13.8. The number of carbonyl (C=O) groups is 1. The van der Waals surface area contributed by atoms with Crippen molar-refractivity contribution in [3.05, 3.63) is 65.1 Å². The van der Waals surface area contributed by atoms with Crippen LogP contribution in [-0.4, -0.2) is 22.5 Å². The van der Waals surface area contributed by atoms with E-state index in [-0.39, 0.29) is 6.04 Å². The molecule has 29 heavy (non-hydrogen) atoms. The van der Waals surface area contributed by atoms with E-state index < -0.39 is 29.3 Å². The molecule has 2 aromatic carbocycles. The van der Waals surface area contributed by atoms with Crippen molar-refractivity contribution >= 4 is 22.6 Å². The third-order valence-electron chi connectivity index (χ3n) is 5.35. The van der Waals surface area contributed by atoms with Gasteiger partial charge in [-0.3, -0.25) is 0 Å². The lowest BCUT2D eigenvalue weighted by atomic mass is 9.96. The van der Waals surface area contributed by atoms with Crippen LogP contribution >= 0.6 is 0 Å². The zero-order valence-electron chi connectivity index (χ0n) is 15.6. The van der Waals surface area contributed by atoms with Gasteiger partial charge >= 0.3 is 12.2 Å². The van der Waals surface area contributed by atoms with Gasteiger partial charge in [-0.05, 0) is 36.6 Å².